The monoisotopic (exact) mass is 501 g/mol. The maximum atomic E-state index is 12.6. The fourth-order valence-corrected chi connectivity index (χ4v) is 4.78. The third-order valence-electron chi connectivity index (χ3n) is 5.44. The van der Waals surface area contributed by atoms with Gasteiger partial charge in [-0.25, -0.2) is 0 Å². The first-order valence-electron chi connectivity index (χ1n) is 11.2. The van der Waals surface area contributed by atoms with Gasteiger partial charge in [0, 0.05) is 24.4 Å². The van der Waals surface area contributed by atoms with Gasteiger partial charge in [-0.3, -0.25) is 4.79 Å². The van der Waals surface area contributed by atoms with E-state index in [1.165, 1.54) is 25.3 Å². The summed E-state index contributed by atoms with van der Waals surface area (Å²) in [5, 5.41) is 0. The number of ketones is 1. The van der Waals surface area contributed by atoms with Crippen LogP contribution in [0, 0.1) is 0 Å². The number of hydrogen-bond donors (Lipinski definition) is 0. The van der Waals surface area contributed by atoms with Crippen LogP contribution in [0.5, 0.6) is 23.0 Å². The van der Waals surface area contributed by atoms with Gasteiger partial charge in [0.1, 0.15) is 10.1 Å². The lowest BCUT2D eigenvalue weighted by Crippen LogP contribution is -2.33. The number of thioether (sulfide) groups is 1. The Morgan fingerprint density at radius 3 is 2.24 bits per heavy atom. The molecule has 1 fully saturated rings. The average molecular weight is 502 g/mol. The largest absolute Gasteiger partial charge is 0.493 e. The van der Waals surface area contributed by atoms with Crippen LogP contribution in [0.4, 0.5) is 0 Å². The second-order valence-corrected chi connectivity index (χ2v) is 9.42. The first kappa shape index (κ1) is 25.9. The van der Waals surface area contributed by atoms with Crippen LogP contribution in [-0.4, -0.2) is 61.8 Å². The number of likely N-dealkylation sites (tertiary alicyclic amines) is 1. The Labute approximate surface area is 211 Å². The van der Waals surface area contributed by atoms with E-state index in [2.05, 4.69) is 4.90 Å². The topological polar surface area (TPSA) is 57.2 Å². The van der Waals surface area contributed by atoms with E-state index in [0.29, 0.717) is 29.4 Å². The summed E-state index contributed by atoms with van der Waals surface area (Å²) in [5.41, 5.74) is 1.35. The zero-order valence-corrected chi connectivity index (χ0v) is 21.5. The molecular weight excluding hydrogens is 470 g/mol. The summed E-state index contributed by atoms with van der Waals surface area (Å²) >= 11 is 7.19. The highest BCUT2D eigenvalue weighted by Gasteiger charge is 2.14. The minimum atomic E-state index is -0.109. The Balaban J connectivity index is 1.51. The van der Waals surface area contributed by atoms with Gasteiger partial charge in [0.05, 0.1) is 27.9 Å². The molecule has 1 aliphatic heterocycles. The van der Waals surface area contributed by atoms with Crippen LogP contribution in [-0.2, 0) is 0 Å². The molecule has 6 nitrogen and oxygen atoms in total. The summed E-state index contributed by atoms with van der Waals surface area (Å²) in [6, 6.07) is 10.7. The predicted molar refractivity (Wildman–Crippen MR) is 142 cm³/mol. The van der Waals surface area contributed by atoms with Gasteiger partial charge < -0.3 is 23.8 Å². The van der Waals surface area contributed by atoms with Crippen molar-refractivity contribution in [3.05, 3.63) is 53.6 Å². The Hall–Kier alpha value is -2.71. The minimum absolute atomic E-state index is 0.109. The lowest BCUT2D eigenvalue weighted by atomic mass is 10.1. The molecule has 0 aliphatic carbocycles. The van der Waals surface area contributed by atoms with Crippen molar-refractivity contribution in [2.45, 2.75) is 19.3 Å². The van der Waals surface area contributed by atoms with E-state index in [1.807, 2.05) is 12.1 Å². The van der Waals surface area contributed by atoms with Gasteiger partial charge in [-0.05, 0) is 67.3 Å². The molecule has 0 saturated carbocycles. The van der Waals surface area contributed by atoms with E-state index < -0.39 is 0 Å². The smallest absolute Gasteiger partial charge is 0.203 e. The van der Waals surface area contributed by atoms with Gasteiger partial charge in [0.25, 0.3) is 0 Å². The molecule has 1 aliphatic rings. The number of rotatable bonds is 10. The third-order valence-corrected chi connectivity index (χ3v) is 6.93. The molecule has 0 atom stereocenters. The standard InChI is InChI=1S/C26H31NO5S2/c1-29-23-17-19(18-24(30-2)25(23)31-3)7-12-22(28)20-8-10-21(11-9-20)32-15-16-34-26(33)27-13-5-4-6-14-27/h7-12,17-18H,4-6,13-16H2,1-3H3/b12-7+. The maximum Gasteiger partial charge on any atom is 0.203 e. The van der Waals surface area contributed by atoms with Crippen LogP contribution in [0.1, 0.15) is 35.2 Å². The molecule has 0 spiro atoms. The zero-order valence-electron chi connectivity index (χ0n) is 19.9. The van der Waals surface area contributed by atoms with Crippen molar-refractivity contribution in [1.29, 1.82) is 0 Å². The van der Waals surface area contributed by atoms with E-state index in [1.54, 1.807) is 63.4 Å². The molecule has 34 heavy (non-hydrogen) atoms. The van der Waals surface area contributed by atoms with Gasteiger partial charge in [-0.2, -0.15) is 0 Å². The number of benzene rings is 2. The summed E-state index contributed by atoms with van der Waals surface area (Å²) in [4.78, 5) is 14.9. The fourth-order valence-electron chi connectivity index (χ4n) is 3.64. The molecule has 3 rings (SSSR count). The number of ether oxygens (including phenoxy) is 4. The second kappa shape index (κ2) is 13.2. The molecule has 0 bridgehead atoms. The van der Waals surface area contributed by atoms with Crippen LogP contribution in [0.2, 0.25) is 0 Å². The normalized spacial score (nSPS) is 13.6. The highest BCUT2D eigenvalue weighted by molar-refractivity contribution is 8.22. The highest BCUT2D eigenvalue weighted by Crippen LogP contribution is 2.38. The second-order valence-electron chi connectivity index (χ2n) is 7.69. The SMILES string of the molecule is COc1cc(/C=C/C(=O)c2ccc(OCCSC(=S)N3CCCCC3)cc2)cc(OC)c1OC. The van der Waals surface area contributed by atoms with Gasteiger partial charge in [0.15, 0.2) is 17.3 Å². The molecule has 1 heterocycles. The fraction of sp³-hybridized carbons (Fsp3) is 0.385. The number of piperidine rings is 1. The summed E-state index contributed by atoms with van der Waals surface area (Å²) in [7, 11) is 4.67. The molecule has 1 saturated heterocycles. The van der Waals surface area contributed by atoms with Crippen LogP contribution in [0.15, 0.2) is 42.5 Å². The van der Waals surface area contributed by atoms with E-state index in [-0.39, 0.29) is 5.78 Å². The number of allylic oxidation sites excluding steroid dienone is 1. The molecule has 0 N–H and O–H groups in total. The van der Waals surface area contributed by atoms with Crippen molar-refractivity contribution < 1.29 is 23.7 Å². The minimum Gasteiger partial charge on any atom is -0.493 e. The van der Waals surface area contributed by atoms with E-state index in [9.17, 15) is 4.79 Å². The quantitative estimate of drug-likeness (QED) is 0.183. The Bertz CT molecular complexity index is 976. The van der Waals surface area contributed by atoms with E-state index in [4.69, 9.17) is 31.2 Å². The lowest BCUT2D eigenvalue weighted by Gasteiger charge is -2.28. The van der Waals surface area contributed by atoms with Crippen molar-refractivity contribution in [1.82, 2.24) is 4.90 Å². The molecule has 2 aromatic rings. The summed E-state index contributed by atoms with van der Waals surface area (Å²) in [6.45, 7) is 2.69. The number of methoxy groups -OCH3 is 3. The highest BCUT2D eigenvalue weighted by atomic mass is 32.2. The summed E-state index contributed by atoms with van der Waals surface area (Å²) in [5.74, 6) is 3.00. The molecule has 0 unspecified atom stereocenters. The van der Waals surface area contributed by atoms with Crippen LogP contribution in [0.3, 0.4) is 0 Å². The van der Waals surface area contributed by atoms with E-state index >= 15 is 0 Å². The van der Waals surface area contributed by atoms with Crippen LogP contribution < -0.4 is 18.9 Å². The average Bonchev–Trinajstić information content (AvgIpc) is 2.89. The molecule has 8 heteroatoms. The summed E-state index contributed by atoms with van der Waals surface area (Å²) in [6.07, 6.45) is 6.99. The third kappa shape index (κ3) is 7.14. The van der Waals surface area contributed by atoms with Crippen molar-refractivity contribution in [2.75, 3.05) is 46.8 Å². The van der Waals surface area contributed by atoms with Crippen molar-refractivity contribution in [2.24, 2.45) is 0 Å². The molecular formula is C26H31NO5S2. The Morgan fingerprint density at radius 1 is 1.00 bits per heavy atom. The van der Waals surface area contributed by atoms with Crippen molar-refractivity contribution in [3.63, 3.8) is 0 Å². The molecule has 2 aromatic carbocycles. The maximum absolute atomic E-state index is 12.6. The molecule has 182 valence electrons. The first-order chi connectivity index (χ1) is 16.5. The number of carbonyl (C=O) groups excluding carboxylic acids is 1. The van der Waals surface area contributed by atoms with Crippen molar-refractivity contribution >= 4 is 40.2 Å². The van der Waals surface area contributed by atoms with E-state index in [0.717, 1.165) is 34.5 Å². The zero-order chi connectivity index (χ0) is 24.3. The Morgan fingerprint density at radius 2 is 1.65 bits per heavy atom. The lowest BCUT2D eigenvalue weighted by molar-refractivity contribution is 0.104. The van der Waals surface area contributed by atoms with Crippen LogP contribution in [0.25, 0.3) is 6.08 Å². The van der Waals surface area contributed by atoms with Gasteiger partial charge in [0.2, 0.25) is 5.75 Å². The van der Waals surface area contributed by atoms with Crippen molar-refractivity contribution in [3.8, 4) is 23.0 Å². The number of carbonyl (C=O) groups is 1. The number of hydrogen-bond acceptors (Lipinski definition) is 7. The van der Waals surface area contributed by atoms with Crippen LogP contribution >= 0.6 is 24.0 Å². The van der Waals surface area contributed by atoms with Gasteiger partial charge in [-0.15, -0.1) is 0 Å². The number of thiocarbonyl (C=S) groups is 1. The number of nitrogens with zero attached hydrogens (tertiary/aromatic N) is 1. The van der Waals surface area contributed by atoms with Gasteiger partial charge >= 0.3 is 0 Å². The first-order valence-corrected chi connectivity index (χ1v) is 12.6. The van der Waals surface area contributed by atoms with Gasteiger partial charge in [-0.1, -0.05) is 30.1 Å². The Kier molecular flexibility index (Phi) is 10.1. The molecule has 0 aromatic heterocycles. The molecule has 0 amide bonds. The molecule has 0 radical (unpaired) electrons. The predicted octanol–water partition coefficient (Wildman–Crippen LogP) is 5.49. The summed E-state index contributed by atoms with van der Waals surface area (Å²) < 4.78 is 22.8.